The Kier molecular flexibility index (Phi) is 6.31. The molecule has 0 saturated heterocycles. The Morgan fingerprint density at radius 2 is 1.84 bits per heavy atom. The summed E-state index contributed by atoms with van der Waals surface area (Å²) in [6.07, 6.45) is -1.00. The zero-order valence-corrected chi connectivity index (χ0v) is 21.3. The summed E-state index contributed by atoms with van der Waals surface area (Å²) < 4.78 is 17.2. The van der Waals surface area contributed by atoms with Gasteiger partial charge in [-0.05, 0) is 49.7 Å². The van der Waals surface area contributed by atoms with Gasteiger partial charge in [0.15, 0.2) is 5.78 Å². The SMILES string of the molecule is Cc1noc(C)c1C(O)c1cc2cc(C(=O)CN3CCOc4ccccc4C3c3ccccc3)ccc2o1. The molecule has 0 radical (unpaired) electrons. The fraction of sp³-hybridized carbons (Fsp3) is 0.226. The first-order chi connectivity index (χ1) is 18.5. The molecule has 0 bridgehead atoms. The summed E-state index contributed by atoms with van der Waals surface area (Å²) in [5.74, 6) is 1.77. The minimum absolute atomic E-state index is 0.00114. The molecule has 0 amide bonds. The third kappa shape index (κ3) is 4.40. The molecule has 2 unspecified atom stereocenters. The Labute approximate surface area is 220 Å². The smallest absolute Gasteiger partial charge is 0.176 e. The number of aryl methyl sites for hydroxylation is 2. The van der Waals surface area contributed by atoms with E-state index in [9.17, 15) is 9.90 Å². The van der Waals surface area contributed by atoms with Gasteiger partial charge in [0.05, 0.1) is 23.8 Å². The summed E-state index contributed by atoms with van der Waals surface area (Å²) in [5, 5.41) is 15.6. The molecule has 3 aromatic carbocycles. The molecule has 0 spiro atoms. The maximum atomic E-state index is 13.6. The van der Waals surface area contributed by atoms with Gasteiger partial charge >= 0.3 is 0 Å². The van der Waals surface area contributed by atoms with Gasteiger partial charge < -0.3 is 18.8 Å². The van der Waals surface area contributed by atoms with Gasteiger partial charge in [0.1, 0.15) is 35.6 Å². The van der Waals surface area contributed by atoms with Gasteiger partial charge in [0.25, 0.3) is 0 Å². The molecular weight excluding hydrogens is 480 g/mol. The van der Waals surface area contributed by atoms with E-state index in [4.69, 9.17) is 13.7 Å². The van der Waals surface area contributed by atoms with Gasteiger partial charge in [0.2, 0.25) is 0 Å². The van der Waals surface area contributed by atoms with Crippen LogP contribution >= 0.6 is 0 Å². The van der Waals surface area contributed by atoms with Crippen LogP contribution in [0.15, 0.2) is 87.8 Å². The van der Waals surface area contributed by atoms with Crippen LogP contribution in [0.4, 0.5) is 0 Å². The van der Waals surface area contributed by atoms with Crippen LogP contribution in [-0.4, -0.2) is 40.6 Å². The zero-order valence-electron chi connectivity index (χ0n) is 21.3. The number of Topliss-reactive ketones (excluding diaryl/α,β-unsaturated/α-hetero) is 1. The molecule has 3 heterocycles. The van der Waals surface area contributed by atoms with Crippen LogP contribution in [0.3, 0.4) is 0 Å². The van der Waals surface area contributed by atoms with Crippen molar-refractivity contribution in [2.45, 2.75) is 26.0 Å². The lowest BCUT2D eigenvalue weighted by molar-refractivity contribution is 0.0902. The van der Waals surface area contributed by atoms with Crippen LogP contribution in [0.5, 0.6) is 5.75 Å². The standard InChI is InChI=1S/C31H28N2O5/c1-19-29(20(2)38-32-19)31(35)28-17-23-16-22(12-13-26(23)37-28)25(34)18-33-14-15-36-27-11-7-6-10-24(27)30(33)21-8-4-3-5-9-21/h3-13,16-17,30-31,35H,14-15,18H2,1-2H3. The fourth-order valence-electron chi connectivity index (χ4n) is 5.30. The predicted octanol–water partition coefficient (Wildman–Crippen LogP) is 5.79. The summed E-state index contributed by atoms with van der Waals surface area (Å²) in [7, 11) is 0. The quantitative estimate of drug-likeness (QED) is 0.291. The Bertz CT molecular complexity index is 1580. The average Bonchev–Trinajstić information content (AvgIpc) is 3.46. The largest absolute Gasteiger partial charge is 0.492 e. The van der Waals surface area contributed by atoms with Gasteiger partial charge in [-0.15, -0.1) is 0 Å². The number of aromatic nitrogens is 1. The molecule has 7 heteroatoms. The number of ketones is 1. The van der Waals surface area contributed by atoms with Gasteiger partial charge in [-0.1, -0.05) is 53.7 Å². The van der Waals surface area contributed by atoms with Crippen molar-refractivity contribution in [2.75, 3.05) is 19.7 Å². The zero-order chi connectivity index (χ0) is 26.2. The van der Waals surface area contributed by atoms with Crippen LogP contribution in [-0.2, 0) is 0 Å². The van der Waals surface area contributed by atoms with E-state index < -0.39 is 6.10 Å². The van der Waals surface area contributed by atoms with Gasteiger partial charge in [-0.25, -0.2) is 0 Å². The highest BCUT2D eigenvalue weighted by Crippen LogP contribution is 2.37. The second-order valence-electron chi connectivity index (χ2n) is 9.63. The summed E-state index contributed by atoms with van der Waals surface area (Å²) >= 11 is 0. The summed E-state index contributed by atoms with van der Waals surface area (Å²) in [4.78, 5) is 15.8. The van der Waals surface area contributed by atoms with Crippen molar-refractivity contribution in [3.8, 4) is 5.75 Å². The number of furan rings is 1. The average molecular weight is 509 g/mol. The van der Waals surface area contributed by atoms with E-state index >= 15 is 0 Å². The van der Waals surface area contributed by atoms with E-state index in [0.29, 0.717) is 47.1 Å². The molecule has 0 aliphatic carbocycles. The summed E-state index contributed by atoms with van der Waals surface area (Å²) in [6, 6.07) is 25.3. The molecule has 192 valence electrons. The van der Waals surface area contributed by atoms with Crippen molar-refractivity contribution >= 4 is 16.8 Å². The third-order valence-corrected chi connectivity index (χ3v) is 7.17. The number of carbonyl (C=O) groups is 1. The number of aliphatic hydroxyl groups is 1. The van der Waals surface area contributed by atoms with Gasteiger partial charge in [-0.2, -0.15) is 0 Å². The third-order valence-electron chi connectivity index (χ3n) is 7.17. The number of aliphatic hydroxyl groups excluding tert-OH is 1. The number of hydrogen-bond acceptors (Lipinski definition) is 7. The highest BCUT2D eigenvalue weighted by Gasteiger charge is 2.30. The number of fused-ring (bicyclic) bond motifs is 2. The van der Waals surface area contributed by atoms with E-state index in [0.717, 1.165) is 22.3 Å². The number of para-hydroxylation sites is 1. The minimum Gasteiger partial charge on any atom is -0.492 e. The van der Waals surface area contributed by atoms with Crippen molar-refractivity contribution in [3.63, 3.8) is 0 Å². The molecule has 7 nitrogen and oxygen atoms in total. The van der Waals surface area contributed by atoms with E-state index in [1.54, 1.807) is 32.0 Å². The number of benzene rings is 3. The van der Waals surface area contributed by atoms with Crippen molar-refractivity contribution < 1.29 is 23.6 Å². The molecule has 5 aromatic rings. The summed E-state index contributed by atoms with van der Waals surface area (Å²) in [5.41, 5.74) is 4.55. The normalized spacial score (nSPS) is 16.6. The molecule has 2 atom stereocenters. The maximum absolute atomic E-state index is 13.6. The molecule has 38 heavy (non-hydrogen) atoms. The fourth-order valence-corrected chi connectivity index (χ4v) is 5.30. The van der Waals surface area contributed by atoms with Crippen molar-refractivity contribution in [1.82, 2.24) is 10.1 Å². The van der Waals surface area contributed by atoms with E-state index in [-0.39, 0.29) is 18.4 Å². The molecule has 6 rings (SSSR count). The Balaban J connectivity index is 1.29. The number of rotatable bonds is 6. The summed E-state index contributed by atoms with van der Waals surface area (Å²) in [6.45, 7) is 4.88. The lowest BCUT2D eigenvalue weighted by Crippen LogP contribution is -2.35. The Morgan fingerprint density at radius 1 is 1.05 bits per heavy atom. The molecule has 1 aliphatic heterocycles. The lowest BCUT2D eigenvalue weighted by Gasteiger charge is -2.29. The predicted molar refractivity (Wildman–Crippen MR) is 142 cm³/mol. The molecule has 0 saturated carbocycles. The van der Waals surface area contributed by atoms with E-state index in [1.807, 2.05) is 42.5 Å². The van der Waals surface area contributed by atoms with Crippen molar-refractivity contribution in [3.05, 3.63) is 118 Å². The topological polar surface area (TPSA) is 88.9 Å². The molecule has 0 fully saturated rings. The Hall–Kier alpha value is -4.20. The molecule has 2 aromatic heterocycles. The number of ether oxygens (including phenoxy) is 1. The highest BCUT2D eigenvalue weighted by atomic mass is 16.5. The van der Waals surface area contributed by atoms with Gasteiger partial charge in [0, 0.05) is 23.1 Å². The van der Waals surface area contributed by atoms with Crippen molar-refractivity contribution in [2.24, 2.45) is 0 Å². The van der Waals surface area contributed by atoms with Crippen LogP contribution in [0.25, 0.3) is 11.0 Å². The lowest BCUT2D eigenvalue weighted by atomic mass is 9.95. The number of nitrogens with zero attached hydrogens (tertiary/aromatic N) is 2. The molecular formula is C31H28N2O5. The number of hydrogen-bond donors (Lipinski definition) is 1. The first-order valence-electron chi connectivity index (χ1n) is 12.7. The molecule has 1 N–H and O–H groups in total. The van der Waals surface area contributed by atoms with Crippen LogP contribution in [0, 0.1) is 13.8 Å². The number of carbonyl (C=O) groups excluding carboxylic acids is 1. The van der Waals surface area contributed by atoms with E-state index in [1.165, 1.54) is 0 Å². The van der Waals surface area contributed by atoms with E-state index in [2.05, 4.69) is 28.3 Å². The highest BCUT2D eigenvalue weighted by molar-refractivity contribution is 6.00. The Morgan fingerprint density at radius 3 is 2.63 bits per heavy atom. The molecule has 1 aliphatic rings. The minimum atomic E-state index is -1.00. The van der Waals surface area contributed by atoms with Crippen LogP contribution in [0.1, 0.15) is 56.4 Å². The maximum Gasteiger partial charge on any atom is 0.176 e. The van der Waals surface area contributed by atoms with Gasteiger partial charge in [-0.3, -0.25) is 9.69 Å². The first kappa shape index (κ1) is 24.2. The second kappa shape index (κ2) is 9.93. The first-order valence-corrected chi connectivity index (χ1v) is 12.7. The van der Waals surface area contributed by atoms with Crippen molar-refractivity contribution in [1.29, 1.82) is 0 Å². The monoisotopic (exact) mass is 508 g/mol. The van der Waals surface area contributed by atoms with Crippen LogP contribution < -0.4 is 4.74 Å². The second-order valence-corrected chi connectivity index (χ2v) is 9.63. The van der Waals surface area contributed by atoms with Crippen LogP contribution in [0.2, 0.25) is 0 Å².